The molecular formula is C15H16N2O2S. The molecule has 0 aliphatic rings. The van der Waals surface area contributed by atoms with Gasteiger partial charge >= 0.3 is 5.97 Å². The van der Waals surface area contributed by atoms with E-state index in [1.54, 1.807) is 18.2 Å². The van der Waals surface area contributed by atoms with Crippen molar-refractivity contribution >= 4 is 23.4 Å². The van der Waals surface area contributed by atoms with Crippen LogP contribution in [0.4, 0.5) is 5.69 Å². The molecule has 1 aromatic heterocycles. The summed E-state index contributed by atoms with van der Waals surface area (Å²) < 4.78 is 0. The van der Waals surface area contributed by atoms with E-state index in [2.05, 4.69) is 4.98 Å². The first kappa shape index (κ1) is 14.4. The molecule has 1 aromatic carbocycles. The largest absolute Gasteiger partial charge is 0.478 e. The van der Waals surface area contributed by atoms with Crippen molar-refractivity contribution in [2.45, 2.75) is 24.6 Å². The lowest BCUT2D eigenvalue weighted by atomic mass is 10.1. The maximum Gasteiger partial charge on any atom is 0.338 e. The molecule has 2 aromatic rings. The van der Waals surface area contributed by atoms with E-state index < -0.39 is 5.97 Å². The number of nitrogens with zero attached hydrogens (tertiary/aromatic N) is 1. The third-order valence-corrected chi connectivity index (χ3v) is 3.81. The predicted octanol–water partition coefficient (Wildman–Crippen LogP) is 3.27. The predicted molar refractivity (Wildman–Crippen MR) is 81.1 cm³/mol. The summed E-state index contributed by atoms with van der Waals surface area (Å²) in [4.78, 5) is 15.7. The normalized spacial score (nSPS) is 10.5. The van der Waals surface area contributed by atoms with Crippen molar-refractivity contribution in [3.05, 3.63) is 52.7 Å². The van der Waals surface area contributed by atoms with Crippen molar-refractivity contribution in [2.75, 3.05) is 5.73 Å². The maximum absolute atomic E-state index is 11.3. The summed E-state index contributed by atoms with van der Waals surface area (Å²) in [6.07, 6.45) is 0. The molecule has 0 bridgehead atoms. The molecule has 4 nitrogen and oxygen atoms in total. The number of pyridine rings is 1. The molecule has 0 unspecified atom stereocenters. The van der Waals surface area contributed by atoms with Crippen molar-refractivity contribution in [3.8, 4) is 0 Å². The summed E-state index contributed by atoms with van der Waals surface area (Å²) in [6, 6.07) is 9.16. The number of carboxylic acid groups (broad SMARTS) is 1. The molecule has 0 saturated heterocycles. The number of aromatic carboxylic acids is 1. The number of carbonyl (C=O) groups is 1. The van der Waals surface area contributed by atoms with E-state index in [1.807, 2.05) is 26.0 Å². The number of anilines is 1. The van der Waals surface area contributed by atoms with Crippen LogP contribution in [0.3, 0.4) is 0 Å². The topological polar surface area (TPSA) is 76.2 Å². The summed E-state index contributed by atoms with van der Waals surface area (Å²) in [5.74, 6) is -0.463. The minimum atomic E-state index is -0.993. The highest BCUT2D eigenvalue weighted by Gasteiger charge is 2.13. The third kappa shape index (κ3) is 3.30. The number of nitrogen functional groups attached to an aromatic ring is 1. The minimum Gasteiger partial charge on any atom is -0.478 e. The molecule has 0 radical (unpaired) electrons. The lowest BCUT2D eigenvalue weighted by Gasteiger charge is -2.09. The first-order chi connectivity index (χ1) is 9.47. The van der Waals surface area contributed by atoms with E-state index in [0.717, 1.165) is 16.3 Å². The van der Waals surface area contributed by atoms with Gasteiger partial charge in [0.2, 0.25) is 0 Å². The van der Waals surface area contributed by atoms with Gasteiger partial charge in [-0.25, -0.2) is 9.78 Å². The number of hydrogen-bond donors (Lipinski definition) is 2. The highest BCUT2D eigenvalue weighted by Crippen LogP contribution is 2.26. The van der Waals surface area contributed by atoms with E-state index in [-0.39, 0.29) is 5.56 Å². The van der Waals surface area contributed by atoms with Crippen LogP contribution in [0.2, 0.25) is 0 Å². The van der Waals surface area contributed by atoms with Gasteiger partial charge < -0.3 is 10.8 Å². The summed E-state index contributed by atoms with van der Waals surface area (Å²) in [5.41, 5.74) is 9.03. The first-order valence-electron chi connectivity index (χ1n) is 6.16. The second kappa shape index (κ2) is 5.96. The van der Waals surface area contributed by atoms with Gasteiger partial charge in [-0.15, -0.1) is 11.8 Å². The SMILES string of the molecule is Cc1cc(C)nc(SCc2cccc(N)c2C(=O)O)c1. The Morgan fingerprint density at radius 2 is 2.10 bits per heavy atom. The number of benzene rings is 1. The van der Waals surface area contributed by atoms with Crippen LogP contribution in [0, 0.1) is 13.8 Å². The van der Waals surface area contributed by atoms with E-state index >= 15 is 0 Å². The molecule has 0 aliphatic heterocycles. The highest BCUT2D eigenvalue weighted by atomic mass is 32.2. The van der Waals surface area contributed by atoms with E-state index in [9.17, 15) is 9.90 Å². The summed E-state index contributed by atoms with van der Waals surface area (Å²) >= 11 is 1.51. The molecule has 0 amide bonds. The van der Waals surface area contributed by atoms with Crippen LogP contribution in [0.5, 0.6) is 0 Å². The van der Waals surface area contributed by atoms with Crippen LogP contribution in [0.1, 0.15) is 27.2 Å². The van der Waals surface area contributed by atoms with Crippen molar-refractivity contribution in [3.63, 3.8) is 0 Å². The Kier molecular flexibility index (Phi) is 4.29. The molecule has 0 aliphatic carbocycles. The lowest BCUT2D eigenvalue weighted by Crippen LogP contribution is -2.06. The van der Waals surface area contributed by atoms with Gasteiger partial charge in [-0.2, -0.15) is 0 Å². The Morgan fingerprint density at radius 3 is 2.75 bits per heavy atom. The van der Waals surface area contributed by atoms with Crippen LogP contribution in [-0.4, -0.2) is 16.1 Å². The van der Waals surface area contributed by atoms with Crippen molar-refractivity contribution in [1.82, 2.24) is 4.98 Å². The first-order valence-corrected chi connectivity index (χ1v) is 7.14. The molecule has 1 heterocycles. The maximum atomic E-state index is 11.3. The zero-order valence-electron chi connectivity index (χ0n) is 11.4. The third-order valence-electron chi connectivity index (χ3n) is 2.85. The summed E-state index contributed by atoms with van der Waals surface area (Å²) in [5, 5.41) is 10.1. The van der Waals surface area contributed by atoms with Crippen molar-refractivity contribution in [2.24, 2.45) is 0 Å². The van der Waals surface area contributed by atoms with Crippen LogP contribution >= 0.6 is 11.8 Å². The second-order valence-corrected chi connectivity index (χ2v) is 5.59. The molecule has 0 spiro atoms. The number of hydrogen-bond acceptors (Lipinski definition) is 4. The standard InChI is InChI=1S/C15H16N2O2S/c1-9-6-10(2)17-13(7-9)20-8-11-4-3-5-12(16)14(11)15(18)19/h3-7H,8,16H2,1-2H3,(H,18,19). The minimum absolute atomic E-state index is 0.185. The summed E-state index contributed by atoms with van der Waals surface area (Å²) in [7, 11) is 0. The Labute approximate surface area is 122 Å². The molecule has 3 N–H and O–H groups in total. The zero-order chi connectivity index (χ0) is 14.7. The van der Waals surface area contributed by atoms with Crippen LogP contribution < -0.4 is 5.73 Å². The molecule has 0 saturated carbocycles. The summed E-state index contributed by atoms with van der Waals surface area (Å²) in [6.45, 7) is 3.96. The van der Waals surface area contributed by atoms with E-state index in [4.69, 9.17) is 5.73 Å². The molecular weight excluding hydrogens is 272 g/mol. The van der Waals surface area contributed by atoms with Gasteiger partial charge in [0.15, 0.2) is 0 Å². The molecule has 0 atom stereocenters. The number of carboxylic acids is 1. The van der Waals surface area contributed by atoms with Crippen LogP contribution in [0.15, 0.2) is 35.4 Å². The number of aromatic nitrogens is 1. The van der Waals surface area contributed by atoms with Gasteiger partial charge in [-0.1, -0.05) is 12.1 Å². The van der Waals surface area contributed by atoms with Gasteiger partial charge in [0.05, 0.1) is 10.6 Å². The Balaban J connectivity index is 2.23. The smallest absolute Gasteiger partial charge is 0.338 e. The fraction of sp³-hybridized carbons (Fsp3) is 0.200. The van der Waals surface area contributed by atoms with Crippen LogP contribution in [0.25, 0.3) is 0 Å². The fourth-order valence-corrected chi connectivity index (χ4v) is 3.05. The number of rotatable bonds is 4. The van der Waals surface area contributed by atoms with Crippen LogP contribution in [-0.2, 0) is 5.75 Å². The Morgan fingerprint density at radius 1 is 1.35 bits per heavy atom. The molecule has 5 heteroatoms. The van der Waals surface area contributed by atoms with Gasteiger partial charge in [0.1, 0.15) is 0 Å². The Bertz CT molecular complexity index is 636. The zero-order valence-corrected chi connectivity index (χ0v) is 12.2. The number of nitrogens with two attached hydrogens (primary N) is 1. The van der Waals surface area contributed by atoms with Crippen molar-refractivity contribution < 1.29 is 9.90 Å². The quantitative estimate of drug-likeness (QED) is 0.667. The highest BCUT2D eigenvalue weighted by molar-refractivity contribution is 7.98. The average Bonchev–Trinajstić information content (AvgIpc) is 2.34. The van der Waals surface area contributed by atoms with Crippen molar-refractivity contribution in [1.29, 1.82) is 0 Å². The number of aryl methyl sites for hydroxylation is 2. The molecule has 104 valence electrons. The lowest BCUT2D eigenvalue weighted by molar-refractivity contribution is 0.0697. The average molecular weight is 288 g/mol. The molecule has 20 heavy (non-hydrogen) atoms. The monoisotopic (exact) mass is 288 g/mol. The molecule has 2 rings (SSSR count). The van der Waals surface area contributed by atoms with E-state index in [1.165, 1.54) is 11.8 Å². The van der Waals surface area contributed by atoms with Gasteiger partial charge in [0, 0.05) is 17.1 Å². The Hall–Kier alpha value is -2.01. The molecule has 0 fully saturated rings. The van der Waals surface area contributed by atoms with E-state index in [0.29, 0.717) is 17.0 Å². The van der Waals surface area contributed by atoms with Gasteiger partial charge in [0.25, 0.3) is 0 Å². The van der Waals surface area contributed by atoms with Gasteiger partial charge in [-0.05, 0) is 43.2 Å². The van der Waals surface area contributed by atoms with Gasteiger partial charge in [-0.3, -0.25) is 0 Å². The number of thioether (sulfide) groups is 1. The second-order valence-electron chi connectivity index (χ2n) is 4.60. The fourth-order valence-electron chi connectivity index (χ4n) is 2.03.